The van der Waals surface area contributed by atoms with Crippen molar-refractivity contribution in [2.75, 3.05) is 5.06 Å². The second-order valence-electron chi connectivity index (χ2n) is 4.15. The number of hydrogen-bond acceptors (Lipinski definition) is 6. The molecule has 0 unspecified atom stereocenters. The van der Waals surface area contributed by atoms with Crippen LogP contribution in [0.2, 0.25) is 0 Å². The topological polar surface area (TPSA) is 138 Å². The Morgan fingerprint density at radius 1 is 1.45 bits per heavy atom. The lowest BCUT2D eigenvalue weighted by molar-refractivity contribution is -0.123. The van der Waals surface area contributed by atoms with E-state index in [0.29, 0.717) is 11.5 Å². The SMILES string of the molecule is CCCCC(=O)N(O)c1nc(C(N)=O)nc2nc[nH]c12. The maximum Gasteiger partial charge on any atom is 0.286 e. The van der Waals surface area contributed by atoms with Crippen molar-refractivity contribution >= 4 is 28.8 Å². The van der Waals surface area contributed by atoms with Gasteiger partial charge in [-0.2, -0.15) is 5.06 Å². The van der Waals surface area contributed by atoms with Crippen molar-refractivity contribution in [1.82, 2.24) is 19.9 Å². The van der Waals surface area contributed by atoms with Crippen molar-refractivity contribution in [3.05, 3.63) is 12.2 Å². The molecule has 0 aromatic carbocycles. The van der Waals surface area contributed by atoms with Crippen molar-refractivity contribution in [2.45, 2.75) is 26.2 Å². The lowest BCUT2D eigenvalue weighted by atomic mass is 10.2. The Labute approximate surface area is 113 Å². The Balaban J connectivity index is 2.43. The Kier molecular flexibility index (Phi) is 3.89. The highest BCUT2D eigenvalue weighted by Crippen LogP contribution is 2.20. The van der Waals surface area contributed by atoms with Gasteiger partial charge in [-0.05, 0) is 6.42 Å². The number of nitrogens with two attached hydrogens (primary N) is 1. The third kappa shape index (κ3) is 2.57. The van der Waals surface area contributed by atoms with E-state index in [0.717, 1.165) is 6.42 Å². The van der Waals surface area contributed by atoms with Gasteiger partial charge in [-0.15, -0.1) is 0 Å². The zero-order valence-electron chi connectivity index (χ0n) is 10.8. The number of nitrogens with zero attached hydrogens (tertiary/aromatic N) is 4. The van der Waals surface area contributed by atoms with Crippen LogP contribution in [0.15, 0.2) is 6.33 Å². The number of carbonyl (C=O) groups excluding carboxylic acids is 2. The molecule has 0 spiro atoms. The quantitative estimate of drug-likeness (QED) is 0.533. The molecule has 0 fully saturated rings. The molecule has 0 atom stereocenters. The molecular weight excluding hydrogens is 264 g/mol. The minimum absolute atomic E-state index is 0.137. The summed E-state index contributed by atoms with van der Waals surface area (Å²) in [6.07, 6.45) is 2.93. The minimum Gasteiger partial charge on any atom is -0.363 e. The average molecular weight is 278 g/mol. The first kappa shape index (κ1) is 13.9. The summed E-state index contributed by atoms with van der Waals surface area (Å²) in [5.41, 5.74) is 5.51. The highest BCUT2D eigenvalue weighted by Gasteiger charge is 2.21. The van der Waals surface area contributed by atoms with E-state index >= 15 is 0 Å². The molecule has 0 aliphatic carbocycles. The van der Waals surface area contributed by atoms with Gasteiger partial charge in [-0.3, -0.25) is 14.8 Å². The molecule has 0 aliphatic rings. The van der Waals surface area contributed by atoms with E-state index in [1.165, 1.54) is 6.33 Å². The lowest BCUT2D eigenvalue weighted by Crippen LogP contribution is -2.29. The largest absolute Gasteiger partial charge is 0.363 e. The standard InChI is InChI=1S/C11H14N6O3/c1-2-3-4-6(18)17(20)11-7-9(14-5-13-7)15-10(16-11)8(12)19/h5,20H,2-4H2,1H3,(H2,12,19)(H,13,14,15,16). The Morgan fingerprint density at radius 2 is 2.20 bits per heavy atom. The van der Waals surface area contributed by atoms with Gasteiger partial charge in [0.05, 0.1) is 6.33 Å². The van der Waals surface area contributed by atoms with Gasteiger partial charge in [0.25, 0.3) is 11.8 Å². The number of carbonyl (C=O) groups is 2. The zero-order chi connectivity index (χ0) is 14.7. The Morgan fingerprint density at radius 3 is 2.85 bits per heavy atom. The fourth-order valence-corrected chi connectivity index (χ4v) is 1.63. The number of H-pyrrole nitrogens is 1. The van der Waals surface area contributed by atoms with Crippen LogP contribution >= 0.6 is 0 Å². The number of anilines is 1. The average Bonchev–Trinajstić information content (AvgIpc) is 2.90. The van der Waals surface area contributed by atoms with Gasteiger partial charge >= 0.3 is 0 Å². The van der Waals surface area contributed by atoms with Crippen LogP contribution in [0.1, 0.15) is 36.8 Å². The molecule has 9 heteroatoms. The van der Waals surface area contributed by atoms with Crippen molar-refractivity contribution in [3.63, 3.8) is 0 Å². The summed E-state index contributed by atoms with van der Waals surface area (Å²) in [7, 11) is 0. The van der Waals surface area contributed by atoms with E-state index in [2.05, 4.69) is 19.9 Å². The Hall–Kier alpha value is -2.55. The van der Waals surface area contributed by atoms with Crippen LogP contribution in [0.4, 0.5) is 5.82 Å². The van der Waals surface area contributed by atoms with Crippen LogP contribution < -0.4 is 10.8 Å². The molecular formula is C11H14N6O3. The number of primary amides is 1. The molecule has 4 N–H and O–H groups in total. The third-order valence-corrected chi connectivity index (χ3v) is 2.67. The summed E-state index contributed by atoms with van der Waals surface area (Å²) in [4.78, 5) is 37.2. The van der Waals surface area contributed by atoms with Gasteiger partial charge in [-0.1, -0.05) is 13.3 Å². The van der Waals surface area contributed by atoms with Crippen LogP contribution in [-0.4, -0.2) is 37.0 Å². The molecule has 2 heterocycles. The van der Waals surface area contributed by atoms with Gasteiger partial charge in [0.15, 0.2) is 11.5 Å². The van der Waals surface area contributed by atoms with Gasteiger partial charge in [0.1, 0.15) is 5.52 Å². The van der Waals surface area contributed by atoms with E-state index in [-0.39, 0.29) is 29.2 Å². The number of hydroxylamine groups is 1. The van der Waals surface area contributed by atoms with Gasteiger partial charge in [0.2, 0.25) is 5.82 Å². The van der Waals surface area contributed by atoms with Crippen LogP contribution in [-0.2, 0) is 4.79 Å². The number of amides is 2. The molecule has 0 saturated carbocycles. The summed E-state index contributed by atoms with van der Waals surface area (Å²) < 4.78 is 0. The molecule has 2 rings (SSSR count). The zero-order valence-corrected chi connectivity index (χ0v) is 10.8. The summed E-state index contributed by atoms with van der Waals surface area (Å²) in [5.74, 6) is -1.85. The number of imidazole rings is 1. The van der Waals surface area contributed by atoms with Crippen molar-refractivity contribution < 1.29 is 14.8 Å². The second kappa shape index (κ2) is 5.61. The molecule has 2 aromatic rings. The summed E-state index contributed by atoms with van der Waals surface area (Å²) in [5, 5.41) is 10.3. The Bertz CT molecular complexity index is 653. The monoisotopic (exact) mass is 278 g/mol. The minimum atomic E-state index is -0.870. The molecule has 2 aromatic heterocycles. The number of rotatable bonds is 5. The molecule has 0 radical (unpaired) electrons. The highest BCUT2D eigenvalue weighted by atomic mass is 16.5. The van der Waals surface area contributed by atoms with Gasteiger partial charge in [-0.25, -0.2) is 15.0 Å². The van der Waals surface area contributed by atoms with Crippen LogP contribution in [0.25, 0.3) is 11.2 Å². The molecule has 106 valence electrons. The first-order valence-electron chi connectivity index (χ1n) is 6.07. The lowest BCUT2D eigenvalue weighted by Gasteiger charge is -2.14. The smallest absolute Gasteiger partial charge is 0.286 e. The van der Waals surface area contributed by atoms with E-state index in [1.807, 2.05) is 6.92 Å². The highest BCUT2D eigenvalue weighted by molar-refractivity contribution is 5.99. The normalized spacial score (nSPS) is 10.7. The predicted molar refractivity (Wildman–Crippen MR) is 69.0 cm³/mol. The second-order valence-corrected chi connectivity index (χ2v) is 4.15. The van der Waals surface area contributed by atoms with Gasteiger partial charge in [0, 0.05) is 6.42 Å². The third-order valence-electron chi connectivity index (χ3n) is 2.67. The molecule has 9 nitrogen and oxygen atoms in total. The molecule has 0 bridgehead atoms. The van der Waals surface area contributed by atoms with E-state index in [9.17, 15) is 14.8 Å². The first-order valence-corrected chi connectivity index (χ1v) is 6.07. The molecule has 0 saturated heterocycles. The summed E-state index contributed by atoms with van der Waals surface area (Å²) >= 11 is 0. The van der Waals surface area contributed by atoms with Gasteiger partial charge < -0.3 is 10.7 Å². The molecule has 2 amide bonds. The van der Waals surface area contributed by atoms with E-state index < -0.39 is 11.8 Å². The molecule has 20 heavy (non-hydrogen) atoms. The number of unbranched alkanes of at least 4 members (excludes halogenated alkanes) is 1. The first-order chi connectivity index (χ1) is 9.54. The molecule has 0 aliphatic heterocycles. The van der Waals surface area contributed by atoms with Crippen molar-refractivity contribution in [2.24, 2.45) is 5.73 Å². The number of aromatic nitrogens is 4. The fraction of sp³-hybridized carbons (Fsp3) is 0.364. The number of hydrogen-bond donors (Lipinski definition) is 3. The van der Waals surface area contributed by atoms with Crippen LogP contribution in [0, 0.1) is 0 Å². The van der Waals surface area contributed by atoms with Crippen molar-refractivity contribution in [3.8, 4) is 0 Å². The number of fused-ring (bicyclic) bond motifs is 1. The fourth-order valence-electron chi connectivity index (χ4n) is 1.63. The summed E-state index contributed by atoms with van der Waals surface area (Å²) in [6.45, 7) is 1.93. The maximum atomic E-state index is 11.8. The summed E-state index contributed by atoms with van der Waals surface area (Å²) in [6, 6.07) is 0. The number of aromatic amines is 1. The predicted octanol–water partition coefficient (Wildman–Crippen LogP) is 0.364. The van der Waals surface area contributed by atoms with E-state index in [4.69, 9.17) is 5.73 Å². The number of nitrogens with one attached hydrogen (secondary N) is 1. The van der Waals surface area contributed by atoms with Crippen LogP contribution in [0.5, 0.6) is 0 Å². The van der Waals surface area contributed by atoms with Crippen molar-refractivity contribution in [1.29, 1.82) is 0 Å². The van der Waals surface area contributed by atoms with E-state index in [1.54, 1.807) is 0 Å². The maximum absolute atomic E-state index is 11.8. The van der Waals surface area contributed by atoms with Crippen LogP contribution in [0.3, 0.4) is 0 Å².